The molecule has 0 aliphatic heterocycles. The highest BCUT2D eigenvalue weighted by Gasteiger charge is 2.31. The lowest BCUT2D eigenvalue weighted by molar-refractivity contribution is 0.568. The maximum absolute atomic E-state index is 10.6. The molecule has 12 rings (SSSR count). The fourth-order valence-corrected chi connectivity index (χ4v) is 13.4. The molecule has 3 aromatic heterocycles. The van der Waals surface area contributed by atoms with Crippen LogP contribution in [0.5, 0.6) is 0 Å². The number of nitriles is 1. The largest absolute Gasteiger partial charge is 0.309 e. The molecule has 0 amide bonds. The van der Waals surface area contributed by atoms with E-state index in [-0.39, 0.29) is 43.3 Å². The van der Waals surface area contributed by atoms with Gasteiger partial charge in [-0.3, -0.25) is 0 Å². The highest BCUT2D eigenvalue weighted by molar-refractivity contribution is 6.16. The van der Waals surface area contributed by atoms with Crippen LogP contribution in [0.25, 0.3) is 94.7 Å². The Labute approximate surface area is 573 Å². The number of allylic oxidation sites excluding steroid dienone is 12. The molecule has 0 radical (unpaired) electrons. The lowest BCUT2D eigenvalue weighted by Gasteiger charge is -2.26. The van der Waals surface area contributed by atoms with Crippen LogP contribution in [0.4, 0.5) is 0 Å². The van der Waals surface area contributed by atoms with E-state index in [9.17, 15) is 5.26 Å². The minimum absolute atomic E-state index is 0.0933. The summed E-state index contributed by atoms with van der Waals surface area (Å²) in [6.07, 6.45) is 15.0. The molecule has 490 valence electrons. The molecular weight excluding hydrogens is 1170 g/mol. The summed E-state index contributed by atoms with van der Waals surface area (Å²) in [5.41, 5.74) is 22.7. The molecule has 96 heavy (non-hydrogen) atoms. The van der Waals surface area contributed by atoms with Crippen molar-refractivity contribution in [3.63, 3.8) is 0 Å². The van der Waals surface area contributed by atoms with Crippen LogP contribution in [0.1, 0.15) is 216 Å². The summed E-state index contributed by atoms with van der Waals surface area (Å²) < 4.78 is 5.01. The minimum Gasteiger partial charge on any atom is -0.309 e. The van der Waals surface area contributed by atoms with Gasteiger partial charge >= 0.3 is 0 Å². The summed E-state index contributed by atoms with van der Waals surface area (Å²) in [7, 11) is 0. The number of fused-ring (bicyclic) bond motifs is 7. The third-order valence-electron chi connectivity index (χ3n) is 19.8. The summed E-state index contributed by atoms with van der Waals surface area (Å²) in [5.74, 6) is 1.82. The van der Waals surface area contributed by atoms with E-state index in [1.807, 2.05) is 18.2 Å². The van der Waals surface area contributed by atoms with Gasteiger partial charge in [-0.15, -0.1) is 0 Å². The predicted molar refractivity (Wildman–Crippen MR) is 411 cm³/mol. The van der Waals surface area contributed by atoms with Gasteiger partial charge in [0.05, 0.1) is 45.1 Å². The second-order valence-corrected chi connectivity index (χ2v) is 35.7. The van der Waals surface area contributed by atoms with Crippen LogP contribution in [0.15, 0.2) is 187 Å². The Hall–Kier alpha value is -8.92. The van der Waals surface area contributed by atoms with Crippen LogP contribution in [-0.4, -0.2) is 24.1 Å². The second kappa shape index (κ2) is 23.1. The average Bonchev–Trinajstić information content (AvgIpc) is 1.55. The zero-order valence-corrected chi connectivity index (χ0v) is 61.8. The Morgan fingerprint density at radius 1 is 0.323 bits per heavy atom. The third kappa shape index (κ3) is 12.8. The Morgan fingerprint density at radius 3 is 1.02 bits per heavy atom. The first-order valence-electron chi connectivity index (χ1n) is 34.6. The van der Waals surface area contributed by atoms with E-state index in [1.165, 1.54) is 66.1 Å². The first-order chi connectivity index (χ1) is 44.5. The highest BCUT2D eigenvalue weighted by atomic mass is 15.0. The highest BCUT2D eigenvalue weighted by Crippen LogP contribution is 2.48. The standard InChI is InChI=1S/C90H100N6/c1-83(2,3)60-30-36-76-70(49-60)71-50-61(84(4,5)6)31-37-77(71)95(76)74-34-28-56-40-54(53-91)26-25-27-55(56)45-68(74)69-46-57(29-35-75(69)96-78-38-32-62(85(7,8)9)51-72(78)73-52-63(86(10,11)12)33-39-79(73)96)80-92-81(58-41-64(87(13,14)15)47-65(42-58)88(16,17)18)94-82(93-80)59-43-66(89(19,20)21)48-67(44-59)90(22,23)24/h25-52H,1-24H3. The van der Waals surface area contributed by atoms with Crippen molar-refractivity contribution < 1.29 is 0 Å². The van der Waals surface area contributed by atoms with Crippen molar-refractivity contribution in [1.29, 1.82) is 5.26 Å². The van der Waals surface area contributed by atoms with E-state index < -0.39 is 0 Å². The smallest absolute Gasteiger partial charge is 0.164 e. The molecular formula is C90H100N6. The second-order valence-electron chi connectivity index (χ2n) is 35.7. The van der Waals surface area contributed by atoms with Crippen LogP contribution in [0.2, 0.25) is 0 Å². The maximum Gasteiger partial charge on any atom is 0.164 e. The molecule has 6 nitrogen and oxygen atoms in total. The van der Waals surface area contributed by atoms with Crippen LogP contribution in [0.3, 0.4) is 0 Å². The van der Waals surface area contributed by atoms with Crippen molar-refractivity contribution in [2.75, 3.05) is 0 Å². The van der Waals surface area contributed by atoms with Gasteiger partial charge in [0.25, 0.3) is 0 Å². The van der Waals surface area contributed by atoms with Crippen molar-refractivity contribution in [3.05, 3.63) is 237 Å². The molecule has 0 saturated heterocycles. The quantitative estimate of drug-likeness (QED) is 0.166. The Kier molecular flexibility index (Phi) is 16.2. The van der Waals surface area contributed by atoms with Crippen LogP contribution >= 0.6 is 0 Å². The first kappa shape index (κ1) is 67.1. The summed E-state index contributed by atoms with van der Waals surface area (Å²) in [4.78, 5) is 17.0. The van der Waals surface area contributed by atoms with E-state index in [2.05, 4.69) is 333 Å². The number of hydrogen-bond acceptors (Lipinski definition) is 4. The molecule has 2 aliphatic carbocycles. The number of benzene rings is 7. The molecule has 2 aliphatic rings. The van der Waals surface area contributed by atoms with Crippen molar-refractivity contribution >= 4 is 54.9 Å². The Balaban J connectivity index is 1.25. The zero-order valence-electron chi connectivity index (χ0n) is 61.8. The molecule has 0 bridgehead atoms. The number of rotatable bonds is 6. The predicted octanol–water partition coefficient (Wildman–Crippen LogP) is 24.3. The van der Waals surface area contributed by atoms with Gasteiger partial charge in [0.15, 0.2) is 17.5 Å². The third-order valence-corrected chi connectivity index (χ3v) is 19.8. The van der Waals surface area contributed by atoms with Gasteiger partial charge < -0.3 is 9.13 Å². The monoisotopic (exact) mass is 1260 g/mol. The normalized spacial score (nSPS) is 14.7. The number of aromatic nitrogens is 5. The first-order valence-corrected chi connectivity index (χ1v) is 34.6. The van der Waals surface area contributed by atoms with E-state index in [0.29, 0.717) is 23.0 Å². The van der Waals surface area contributed by atoms with Crippen molar-refractivity contribution in [2.24, 2.45) is 0 Å². The molecule has 0 atom stereocenters. The topological polar surface area (TPSA) is 72.3 Å². The van der Waals surface area contributed by atoms with Crippen LogP contribution < -0.4 is 0 Å². The summed E-state index contributed by atoms with van der Waals surface area (Å²) in [6.45, 7) is 55.1. The SMILES string of the molecule is CC(C)(C)c1cc(-c2nc(-c3cc(C(C)(C)C)cc(C(C)(C)C)c3)nc(-c3ccc(-n4c5ccc(C(C)(C)C)cc5c5cc(C(C)(C)C)ccc54)c(C4=CC5=CC=CC(C#N)=CC5=CC=C4n4c5ccc(C(C)(C)C)cc5c5cc(C(C)(C)C)ccc54)c3)n2)cc(C(C)(C)C)c1. The number of hydrogen-bond donors (Lipinski definition) is 0. The summed E-state index contributed by atoms with van der Waals surface area (Å²) in [6, 6.07) is 51.8. The molecule has 0 unspecified atom stereocenters. The zero-order chi connectivity index (χ0) is 69.5. The molecule has 7 aromatic carbocycles. The molecule has 0 N–H and O–H groups in total. The molecule has 0 saturated carbocycles. The average molecular weight is 1270 g/mol. The van der Waals surface area contributed by atoms with E-state index >= 15 is 0 Å². The van der Waals surface area contributed by atoms with Gasteiger partial charge in [-0.05, 0) is 214 Å². The van der Waals surface area contributed by atoms with Crippen molar-refractivity contribution in [1.82, 2.24) is 24.1 Å². The molecule has 3 heterocycles. The molecule has 0 spiro atoms. The fraction of sp³-hybridized carbons (Fsp3) is 0.356. The van der Waals surface area contributed by atoms with E-state index in [1.54, 1.807) is 0 Å². The Bertz CT molecular complexity index is 4800. The van der Waals surface area contributed by atoms with E-state index in [4.69, 9.17) is 15.0 Å². The lowest BCUT2D eigenvalue weighted by Crippen LogP contribution is -2.17. The molecule has 10 aromatic rings. The van der Waals surface area contributed by atoms with E-state index in [0.717, 1.165) is 72.4 Å². The fourth-order valence-electron chi connectivity index (χ4n) is 13.4. The maximum atomic E-state index is 10.6. The van der Waals surface area contributed by atoms with Gasteiger partial charge in [0, 0.05) is 49.4 Å². The van der Waals surface area contributed by atoms with Crippen molar-refractivity contribution in [2.45, 2.75) is 209 Å². The van der Waals surface area contributed by atoms with Gasteiger partial charge in [0.2, 0.25) is 0 Å². The van der Waals surface area contributed by atoms with Crippen LogP contribution in [-0.2, 0) is 43.3 Å². The van der Waals surface area contributed by atoms with Crippen LogP contribution in [0, 0.1) is 11.3 Å². The molecule has 0 fully saturated rings. The number of nitrogens with zero attached hydrogens (tertiary/aromatic N) is 6. The molecule has 6 heteroatoms. The van der Waals surface area contributed by atoms with Gasteiger partial charge in [-0.2, -0.15) is 5.26 Å². The van der Waals surface area contributed by atoms with Gasteiger partial charge in [-0.1, -0.05) is 221 Å². The van der Waals surface area contributed by atoms with Crippen molar-refractivity contribution in [3.8, 4) is 45.9 Å². The van der Waals surface area contributed by atoms with Gasteiger partial charge in [-0.25, -0.2) is 15.0 Å². The summed E-state index contributed by atoms with van der Waals surface area (Å²) in [5, 5.41) is 15.4. The lowest BCUT2D eigenvalue weighted by atomic mass is 9.79. The minimum atomic E-state index is -0.154. The Morgan fingerprint density at radius 2 is 0.667 bits per heavy atom. The van der Waals surface area contributed by atoms with Gasteiger partial charge in [0.1, 0.15) is 0 Å². The summed E-state index contributed by atoms with van der Waals surface area (Å²) >= 11 is 0.